The number of carboxylic acid groups (broad SMARTS) is 1. The number of methoxy groups -OCH3 is 2. The van der Waals surface area contributed by atoms with Crippen LogP contribution in [-0.2, 0) is 25.5 Å². The van der Waals surface area contributed by atoms with Crippen LogP contribution in [0.3, 0.4) is 0 Å². The number of hydrogen-bond acceptors (Lipinski definition) is 7. The fourth-order valence-electron chi connectivity index (χ4n) is 6.33. The minimum Gasteiger partial charge on any atom is -0.493 e. The van der Waals surface area contributed by atoms with Crippen molar-refractivity contribution in [3.63, 3.8) is 0 Å². The first kappa shape index (κ1) is 32.2. The highest BCUT2D eigenvalue weighted by molar-refractivity contribution is 5.86. The van der Waals surface area contributed by atoms with Crippen LogP contribution in [-0.4, -0.2) is 61.3 Å². The molecule has 1 saturated carbocycles. The van der Waals surface area contributed by atoms with Crippen LogP contribution in [0.1, 0.15) is 81.9 Å². The van der Waals surface area contributed by atoms with E-state index < -0.39 is 30.7 Å². The van der Waals surface area contributed by atoms with E-state index in [0.29, 0.717) is 54.5 Å². The predicted molar refractivity (Wildman–Crippen MR) is 161 cm³/mol. The first-order chi connectivity index (χ1) is 20.8. The number of piperidine rings is 1. The molecule has 2 aromatic carbocycles. The largest absolute Gasteiger partial charge is 0.493 e. The van der Waals surface area contributed by atoms with Gasteiger partial charge in [0, 0.05) is 12.5 Å². The Morgan fingerprint density at radius 2 is 1.67 bits per heavy atom. The van der Waals surface area contributed by atoms with Gasteiger partial charge in [-0.2, -0.15) is 0 Å². The van der Waals surface area contributed by atoms with Gasteiger partial charge in [-0.05, 0) is 86.3 Å². The Bertz CT molecular complexity index is 1240. The van der Waals surface area contributed by atoms with E-state index in [9.17, 15) is 14.4 Å². The number of aryl methyl sites for hydroxylation is 1. The first-order valence-corrected chi connectivity index (χ1v) is 15.5. The monoisotopic (exact) mass is 595 g/mol. The van der Waals surface area contributed by atoms with Gasteiger partial charge in [-0.3, -0.25) is 4.79 Å². The van der Waals surface area contributed by atoms with E-state index in [1.54, 1.807) is 37.3 Å². The number of hydrogen-bond donors (Lipinski definition) is 1. The molecule has 43 heavy (non-hydrogen) atoms. The highest BCUT2D eigenvalue weighted by atomic mass is 16.5. The third kappa shape index (κ3) is 8.65. The van der Waals surface area contributed by atoms with Crippen LogP contribution >= 0.6 is 0 Å². The zero-order valence-electron chi connectivity index (χ0n) is 25.6. The second-order valence-electron chi connectivity index (χ2n) is 11.6. The van der Waals surface area contributed by atoms with Crippen LogP contribution in [0.2, 0.25) is 0 Å². The summed E-state index contributed by atoms with van der Waals surface area (Å²) in [5, 5.41) is 9.05. The lowest BCUT2D eigenvalue weighted by Gasteiger charge is -2.38. The Morgan fingerprint density at radius 3 is 2.40 bits per heavy atom. The number of ether oxygens (including phenoxy) is 4. The fraction of sp³-hybridized carbons (Fsp3) is 0.559. The van der Waals surface area contributed by atoms with E-state index in [-0.39, 0.29) is 11.8 Å². The molecule has 3 unspecified atom stereocenters. The van der Waals surface area contributed by atoms with Crippen molar-refractivity contribution in [1.29, 1.82) is 0 Å². The molecule has 0 bridgehead atoms. The summed E-state index contributed by atoms with van der Waals surface area (Å²) in [5.41, 5.74) is 1.67. The quantitative estimate of drug-likeness (QED) is 0.282. The summed E-state index contributed by atoms with van der Waals surface area (Å²) in [6.45, 7) is 2.10. The fourth-order valence-corrected chi connectivity index (χ4v) is 6.33. The average Bonchev–Trinajstić information content (AvgIpc) is 3.05. The Balaban J connectivity index is 1.53. The maximum atomic E-state index is 13.8. The van der Waals surface area contributed by atoms with Crippen LogP contribution in [0.25, 0.3) is 0 Å². The van der Waals surface area contributed by atoms with E-state index in [1.807, 2.05) is 31.2 Å². The third-order valence-electron chi connectivity index (χ3n) is 8.80. The molecule has 1 heterocycles. The number of benzene rings is 2. The zero-order valence-corrected chi connectivity index (χ0v) is 25.6. The van der Waals surface area contributed by atoms with Crippen LogP contribution in [0, 0.1) is 11.8 Å². The number of carbonyl (C=O) groups is 3. The van der Waals surface area contributed by atoms with E-state index in [2.05, 4.69) is 0 Å². The van der Waals surface area contributed by atoms with Crippen LogP contribution in [0.5, 0.6) is 17.2 Å². The van der Waals surface area contributed by atoms with Crippen molar-refractivity contribution < 1.29 is 38.4 Å². The molecule has 2 aliphatic rings. The van der Waals surface area contributed by atoms with Crippen LogP contribution in [0.4, 0.5) is 0 Å². The summed E-state index contributed by atoms with van der Waals surface area (Å²) in [4.78, 5) is 40.3. The summed E-state index contributed by atoms with van der Waals surface area (Å²) in [6, 6.07) is 12.1. The zero-order chi connectivity index (χ0) is 30.8. The van der Waals surface area contributed by atoms with Crippen molar-refractivity contribution in [2.45, 2.75) is 83.3 Å². The van der Waals surface area contributed by atoms with Crippen molar-refractivity contribution in [1.82, 2.24) is 4.90 Å². The number of aliphatic carboxylic acids is 1. The van der Waals surface area contributed by atoms with Gasteiger partial charge in [-0.25, -0.2) is 9.59 Å². The molecule has 9 heteroatoms. The molecule has 0 radical (unpaired) electrons. The van der Waals surface area contributed by atoms with Gasteiger partial charge in [0.2, 0.25) is 5.91 Å². The topological polar surface area (TPSA) is 112 Å². The number of rotatable bonds is 13. The summed E-state index contributed by atoms with van der Waals surface area (Å²) in [7, 11) is 3.17. The highest BCUT2D eigenvalue weighted by Gasteiger charge is 2.38. The number of carbonyl (C=O) groups excluding carboxylic acids is 2. The SMILES string of the molecule is COc1ccc(CCC(OC(=O)C2CCCCN2C(=O)C(C)C2CCCCC2)c2cccc(OCC(=O)O)c2)cc1OC. The van der Waals surface area contributed by atoms with Crippen molar-refractivity contribution in [2.24, 2.45) is 11.8 Å². The molecule has 1 aliphatic heterocycles. The maximum absolute atomic E-state index is 13.8. The molecule has 3 atom stereocenters. The van der Waals surface area contributed by atoms with E-state index in [1.165, 1.54) is 6.42 Å². The minimum atomic E-state index is -1.08. The molecule has 2 aromatic rings. The lowest BCUT2D eigenvalue weighted by Crippen LogP contribution is -2.51. The van der Waals surface area contributed by atoms with Gasteiger partial charge >= 0.3 is 11.9 Å². The van der Waals surface area contributed by atoms with E-state index >= 15 is 0 Å². The number of likely N-dealkylation sites (tertiary alicyclic amines) is 1. The first-order valence-electron chi connectivity index (χ1n) is 15.5. The van der Waals surface area contributed by atoms with Gasteiger partial charge < -0.3 is 29.0 Å². The van der Waals surface area contributed by atoms with Crippen molar-refractivity contribution in [3.8, 4) is 17.2 Å². The van der Waals surface area contributed by atoms with Gasteiger partial charge in [-0.15, -0.1) is 0 Å². The molecule has 234 valence electrons. The van der Waals surface area contributed by atoms with Gasteiger partial charge in [0.1, 0.15) is 17.9 Å². The Morgan fingerprint density at radius 1 is 0.930 bits per heavy atom. The van der Waals surface area contributed by atoms with Crippen molar-refractivity contribution in [3.05, 3.63) is 53.6 Å². The second kappa shape index (κ2) is 15.6. The smallest absolute Gasteiger partial charge is 0.341 e. The standard InChI is InChI=1S/C34H45NO8/c1-23(25-10-5-4-6-11-25)33(38)35-19-8-7-14-28(35)34(39)43-29(26-12-9-13-27(21-26)42-22-32(36)37)17-15-24-16-18-30(40-2)31(20-24)41-3/h9,12-13,16,18,20-21,23,25,28-29H,4-8,10-11,14-15,17,19,22H2,1-3H3,(H,36,37). The van der Waals surface area contributed by atoms with Crippen molar-refractivity contribution >= 4 is 17.8 Å². The lowest BCUT2D eigenvalue weighted by molar-refractivity contribution is -0.163. The summed E-state index contributed by atoms with van der Waals surface area (Å²) in [6.07, 6.45) is 8.37. The van der Waals surface area contributed by atoms with E-state index in [4.69, 9.17) is 24.1 Å². The van der Waals surface area contributed by atoms with Crippen molar-refractivity contribution in [2.75, 3.05) is 27.4 Å². The summed E-state index contributed by atoms with van der Waals surface area (Å²) in [5.74, 6) is 0.440. The summed E-state index contributed by atoms with van der Waals surface area (Å²) < 4.78 is 22.5. The number of nitrogens with zero attached hydrogens (tertiary/aromatic N) is 1. The third-order valence-corrected chi connectivity index (χ3v) is 8.80. The normalized spacial score (nSPS) is 18.8. The van der Waals surface area contributed by atoms with Gasteiger partial charge in [-0.1, -0.05) is 44.4 Å². The molecule has 1 amide bonds. The average molecular weight is 596 g/mol. The van der Waals surface area contributed by atoms with E-state index in [0.717, 1.165) is 44.1 Å². The van der Waals surface area contributed by atoms with Crippen LogP contribution in [0.15, 0.2) is 42.5 Å². The molecular weight excluding hydrogens is 550 g/mol. The molecule has 0 spiro atoms. The molecule has 0 aromatic heterocycles. The Kier molecular flexibility index (Phi) is 11.7. The Labute approximate surface area is 254 Å². The lowest BCUT2D eigenvalue weighted by atomic mass is 9.80. The minimum absolute atomic E-state index is 0.0551. The van der Waals surface area contributed by atoms with Gasteiger partial charge in [0.05, 0.1) is 14.2 Å². The van der Waals surface area contributed by atoms with Gasteiger partial charge in [0.15, 0.2) is 18.1 Å². The molecule has 1 N–H and O–H groups in total. The number of carboxylic acids is 1. The second-order valence-corrected chi connectivity index (χ2v) is 11.6. The molecule has 9 nitrogen and oxygen atoms in total. The predicted octanol–water partition coefficient (Wildman–Crippen LogP) is 5.98. The molecule has 1 aliphatic carbocycles. The number of amides is 1. The molecule has 2 fully saturated rings. The van der Waals surface area contributed by atoms with Gasteiger partial charge in [0.25, 0.3) is 0 Å². The Hall–Kier alpha value is -3.75. The summed E-state index contributed by atoms with van der Waals surface area (Å²) >= 11 is 0. The molecular formula is C34H45NO8. The molecule has 4 rings (SSSR count). The molecule has 1 saturated heterocycles. The van der Waals surface area contributed by atoms with Crippen LogP contribution < -0.4 is 14.2 Å². The number of esters is 1. The maximum Gasteiger partial charge on any atom is 0.341 e. The highest BCUT2D eigenvalue weighted by Crippen LogP contribution is 2.34.